The third-order valence-electron chi connectivity index (χ3n) is 5.26. The lowest BCUT2D eigenvalue weighted by molar-refractivity contribution is -0.120. The minimum Gasteiger partial charge on any atom is -0.497 e. The van der Waals surface area contributed by atoms with Gasteiger partial charge >= 0.3 is 0 Å². The van der Waals surface area contributed by atoms with Crippen LogP contribution < -0.4 is 20.5 Å². The normalized spacial score (nSPS) is 12.8. The number of rotatable bonds is 5. The van der Waals surface area contributed by atoms with E-state index in [0.717, 1.165) is 30.8 Å². The summed E-state index contributed by atoms with van der Waals surface area (Å²) < 4.78 is 6.77. The number of hydrogen-bond acceptors (Lipinski definition) is 6. The fourth-order valence-corrected chi connectivity index (χ4v) is 3.70. The molecule has 1 aromatic heterocycles. The Morgan fingerprint density at radius 1 is 1.13 bits per heavy atom. The lowest BCUT2D eigenvalue weighted by Gasteiger charge is -2.30. The number of hydrogen-bond donors (Lipinski definition) is 2. The van der Waals surface area contributed by atoms with E-state index in [-0.39, 0.29) is 18.1 Å². The molecule has 0 bridgehead atoms. The van der Waals surface area contributed by atoms with Gasteiger partial charge in [-0.1, -0.05) is 29.5 Å². The number of benzene rings is 2. The van der Waals surface area contributed by atoms with Gasteiger partial charge < -0.3 is 9.64 Å². The van der Waals surface area contributed by atoms with Crippen LogP contribution in [-0.2, 0) is 11.2 Å². The zero-order valence-electron chi connectivity index (χ0n) is 17.5. The first-order valence-electron chi connectivity index (χ1n) is 10.1. The van der Waals surface area contributed by atoms with Gasteiger partial charge in [0.2, 0.25) is 0 Å². The Bertz CT molecular complexity index is 1110. The topological polar surface area (TPSA) is 101 Å². The number of carbonyl (C=O) groups is 2. The minimum atomic E-state index is -0.529. The molecule has 4 rings (SSSR count). The van der Waals surface area contributed by atoms with Crippen molar-refractivity contribution in [3.05, 3.63) is 65.5 Å². The summed E-state index contributed by atoms with van der Waals surface area (Å²) >= 11 is 0. The van der Waals surface area contributed by atoms with Crippen LogP contribution in [0.5, 0.6) is 5.75 Å². The number of anilines is 1. The van der Waals surface area contributed by atoms with Gasteiger partial charge in [-0.3, -0.25) is 20.4 Å². The molecule has 160 valence electrons. The van der Waals surface area contributed by atoms with Crippen molar-refractivity contribution in [2.75, 3.05) is 25.1 Å². The van der Waals surface area contributed by atoms with Crippen LogP contribution in [0.2, 0.25) is 0 Å². The van der Waals surface area contributed by atoms with E-state index in [1.54, 1.807) is 24.8 Å². The third-order valence-corrected chi connectivity index (χ3v) is 5.26. The number of nitrogens with one attached hydrogen (secondary N) is 2. The number of hydrazine groups is 1. The molecule has 0 radical (unpaired) electrons. The monoisotopic (exact) mass is 420 g/mol. The molecule has 2 amide bonds. The van der Waals surface area contributed by atoms with Gasteiger partial charge in [0.25, 0.3) is 11.8 Å². The van der Waals surface area contributed by atoms with E-state index < -0.39 is 5.91 Å². The maximum Gasteiger partial charge on any atom is 0.292 e. The van der Waals surface area contributed by atoms with Crippen molar-refractivity contribution < 1.29 is 14.3 Å². The van der Waals surface area contributed by atoms with Crippen molar-refractivity contribution in [1.82, 2.24) is 25.8 Å². The quantitative estimate of drug-likeness (QED) is 0.611. The molecule has 0 fully saturated rings. The summed E-state index contributed by atoms with van der Waals surface area (Å²) in [5.74, 6) is -0.160. The largest absolute Gasteiger partial charge is 0.497 e. The highest BCUT2D eigenvalue weighted by Crippen LogP contribution is 2.26. The fourth-order valence-electron chi connectivity index (χ4n) is 3.70. The highest BCUT2D eigenvalue weighted by Gasteiger charge is 2.21. The Morgan fingerprint density at radius 3 is 2.81 bits per heavy atom. The number of aryl methyl sites for hydroxylation is 1. The number of aromatic nitrogens is 3. The van der Waals surface area contributed by atoms with E-state index in [2.05, 4.69) is 27.2 Å². The zero-order chi connectivity index (χ0) is 21.8. The van der Waals surface area contributed by atoms with Crippen molar-refractivity contribution in [3.8, 4) is 11.4 Å². The van der Waals surface area contributed by atoms with Crippen molar-refractivity contribution in [1.29, 1.82) is 0 Å². The predicted octanol–water partition coefficient (Wildman–Crippen LogP) is 1.80. The lowest BCUT2D eigenvalue weighted by atomic mass is 10.0. The Hall–Kier alpha value is -3.88. The van der Waals surface area contributed by atoms with Gasteiger partial charge in [-0.2, -0.15) is 0 Å². The van der Waals surface area contributed by atoms with Crippen LogP contribution in [0.25, 0.3) is 5.69 Å². The molecule has 3 aromatic rings. The zero-order valence-corrected chi connectivity index (χ0v) is 17.5. The molecule has 2 heterocycles. The van der Waals surface area contributed by atoms with E-state index in [1.807, 2.05) is 41.3 Å². The second kappa shape index (κ2) is 8.86. The molecule has 0 spiro atoms. The molecule has 0 saturated carbocycles. The summed E-state index contributed by atoms with van der Waals surface area (Å²) in [4.78, 5) is 27.0. The van der Waals surface area contributed by atoms with Crippen LogP contribution in [0, 0.1) is 6.92 Å². The highest BCUT2D eigenvalue weighted by atomic mass is 16.5. The predicted molar refractivity (Wildman–Crippen MR) is 115 cm³/mol. The van der Waals surface area contributed by atoms with Gasteiger partial charge in [0.1, 0.15) is 5.75 Å². The first-order valence-corrected chi connectivity index (χ1v) is 10.1. The van der Waals surface area contributed by atoms with E-state index >= 15 is 0 Å². The number of amides is 2. The number of para-hydroxylation sites is 1. The average Bonchev–Trinajstić information content (AvgIpc) is 3.19. The molecule has 31 heavy (non-hydrogen) atoms. The second-order valence-corrected chi connectivity index (χ2v) is 7.29. The molecule has 1 aliphatic rings. The SMILES string of the molecule is COc1cccc(-n2nnc(C(=O)NNC(=O)CN3CCCc4ccccc43)c2C)c1. The maximum atomic E-state index is 12.5. The molecule has 0 atom stereocenters. The molecule has 1 aliphatic heterocycles. The number of methoxy groups -OCH3 is 1. The van der Waals surface area contributed by atoms with Gasteiger partial charge in [-0.05, 0) is 43.5 Å². The Balaban J connectivity index is 1.38. The van der Waals surface area contributed by atoms with Gasteiger partial charge in [0.15, 0.2) is 5.69 Å². The molecular formula is C22H24N6O3. The highest BCUT2D eigenvalue weighted by molar-refractivity contribution is 5.95. The van der Waals surface area contributed by atoms with Gasteiger partial charge in [-0.15, -0.1) is 5.10 Å². The van der Waals surface area contributed by atoms with E-state index in [9.17, 15) is 9.59 Å². The van der Waals surface area contributed by atoms with Crippen molar-refractivity contribution in [3.63, 3.8) is 0 Å². The number of nitrogens with zero attached hydrogens (tertiary/aromatic N) is 4. The lowest BCUT2D eigenvalue weighted by Crippen LogP contribution is -2.47. The van der Waals surface area contributed by atoms with Crippen LogP contribution in [-0.4, -0.2) is 47.0 Å². The average molecular weight is 420 g/mol. The second-order valence-electron chi connectivity index (χ2n) is 7.29. The summed E-state index contributed by atoms with van der Waals surface area (Å²) in [6.45, 7) is 2.69. The molecule has 2 aromatic carbocycles. The standard InChI is InChI=1S/C22H24N6O3/c1-15-21(24-26-28(15)17-9-5-10-18(13-17)31-2)22(30)25-23-20(29)14-27-12-6-8-16-7-3-4-11-19(16)27/h3-5,7,9-11,13H,6,8,12,14H2,1-2H3,(H,23,29)(H,25,30). The molecule has 0 aliphatic carbocycles. The molecule has 0 saturated heterocycles. The maximum absolute atomic E-state index is 12.5. The van der Waals surface area contributed by atoms with E-state index in [4.69, 9.17) is 4.74 Å². The number of ether oxygens (including phenoxy) is 1. The van der Waals surface area contributed by atoms with Crippen molar-refractivity contribution in [2.45, 2.75) is 19.8 Å². The molecule has 2 N–H and O–H groups in total. The van der Waals surface area contributed by atoms with E-state index in [1.165, 1.54) is 5.56 Å². The third kappa shape index (κ3) is 4.35. The van der Waals surface area contributed by atoms with E-state index in [0.29, 0.717) is 11.4 Å². The summed E-state index contributed by atoms with van der Waals surface area (Å²) in [5, 5.41) is 8.03. The minimum absolute atomic E-state index is 0.131. The summed E-state index contributed by atoms with van der Waals surface area (Å²) in [5.41, 5.74) is 8.60. The number of fused-ring (bicyclic) bond motifs is 1. The molecule has 0 unspecified atom stereocenters. The van der Waals surface area contributed by atoms with Gasteiger partial charge in [-0.25, -0.2) is 4.68 Å². The summed E-state index contributed by atoms with van der Waals surface area (Å²) in [6, 6.07) is 15.3. The molecule has 9 nitrogen and oxygen atoms in total. The number of carbonyl (C=O) groups excluding carboxylic acids is 2. The fraction of sp³-hybridized carbons (Fsp3) is 0.273. The van der Waals surface area contributed by atoms with Crippen LogP contribution in [0.3, 0.4) is 0 Å². The Kier molecular flexibility index (Phi) is 5.83. The Labute approximate surface area is 180 Å². The van der Waals surface area contributed by atoms with Crippen molar-refractivity contribution >= 4 is 17.5 Å². The molecular weight excluding hydrogens is 396 g/mol. The summed E-state index contributed by atoms with van der Waals surface area (Å²) in [7, 11) is 1.58. The van der Waals surface area contributed by atoms with Gasteiger partial charge in [0, 0.05) is 18.3 Å². The first kappa shape index (κ1) is 20.4. The van der Waals surface area contributed by atoms with Crippen LogP contribution in [0.4, 0.5) is 5.69 Å². The Morgan fingerprint density at radius 2 is 1.97 bits per heavy atom. The van der Waals surface area contributed by atoms with Crippen LogP contribution >= 0.6 is 0 Å². The van der Waals surface area contributed by atoms with Crippen LogP contribution in [0.15, 0.2) is 48.5 Å². The van der Waals surface area contributed by atoms with Gasteiger partial charge in [0.05, 0.1) is 25.0 Å². The smallest absolute Gasteiger partial charge is 0.292 e. The first-order chi connectivity index (χ1) is 15.1. The van der Waals surface area contributed by atoms with Crippen LogP contribution in [0.1, 0.15) is 28.2 Å². The molecule has 9 heteroatoms. The van der Waals surface area contributed by atoms with Crippen molar-refractivity contribution in [2.24, 2.45) is 0 Å². The summed E-state index contributed by atoms with van der Waals surface area (Å²) in [6.07, 6.45) is 2.00.